The van der Waals surface area contributed by atoms with Gasteiger partial charge in [-0.15, -0.1) is 0 Å². The second-order valence-corrected chi connectivity index (χ2v) is 10.6. The van der Waals surface area contributed by atoms with Crippen LogP contribution >= 0.6 is 35.4 Å². The van der Waals surface area contributed by atoms with Gasteiger partial charge in [-0.05, 0) is 67.5 Å². The zero-order valence-electron chi connectivity index (χ0n) is 19.2. The van der Waals surface area contributed by atoms with Crippen molar-refractivity contribution in [3.8, 4) is 0 Å². The maximum Gasteiger partial charge on any atom is 0.257 e. The molecule has 0 unspecified atom stereocenters. The molecule has 0 saturated heterocycles. The third-order valence-electron chi connectivity index (χ3n) is 4.60. The smallest absolute Gasteiger partial charge is 0.257 e. The van der Waals surface area contributed by atoms with E-state index < -0.39 is 21.8 Å². The van der Waals surface area contributed by atoms with E-state index >= 15 is 0 Å². The minimum atomic E-state index is -3.64. The topological polar surface area (TPSA) is 120 Å². The monoisotopic (exact) mass is 559 g/mol. The summed E-state index contributed by atoms with van der Waals surface area (Å²) in [6.45, 7) is 4.34. The van der Waals surface area contributed by atoms with Crippen LogP contribution in [0.5, 0.6) is 0 Å². The number of nitrogens with zero attached hydrogens (tertiary/aromatic N) is 1. The van der Waals surface area contributed by atoms with Crippen LogP contribution in [0.3, 0.4) is 0 Å². The molecular weight excluding hydrogens is 533 g/mol. The lowest BCUT2D eigenvalue weighted by molar-refractivity contribution is -0.120. The number of benzene rings is 2. The van der Waals surface area contributed by atoms with Crippen molar-refractivity contribution < 1.29 is 18.0 Å². The number of nitrogens with one attached hydrogen (secondary N) is 4. The van der Waals surface area contributed by atoms with Crippen molar-refractivity contribution in [3.63, 3.8) is 0 Å². The lowest BCUT2D eigenvalue weighted by atomic mass is 10.2. The quantitative estimate of drug-likeness (QED) is 0.259. The Morgan fingerprint density at radius 1 is 0.971 bits per heavy atom. The van der Waals surface area contributed by atoms with E-state index in [1.165, 1.54) is 34.6 Å². The highest BCUT2D eigenvalue weighted by Gasteiger charge is 2.23. The molecule has 13 heteroatoms. The molecule has 0 radical (unpaired) electrons. The van der Waals surface area contributed by atoms with Crippen molar-refractivity contribution in [1.29, 1.82) is 0 Å². The van der Waals surface area contributed by atoms with Crippen LogP contribution in [-0.4, -0.2) is 49.3 Å². The zero-order valence-corrected chi connectivity index (χ0v) is 22.4. The molecule has 190 valence electrons. The largest absolute Gasteiger partial charge is 0.343 e. The van der Waals surface area contributed by atoms with Gasteiger partial charge in [0.1, 0.15) is 0 Å². The maximum absolute atomic E-state index is 12.8. The van der Waals surface area contributed by atoms with Gasteiger partial charge in [0.2, 0.25) is 10.0 Å². The maximum atomic E-state index is 12.8. The van der Waals surface area contributed by atoms with E-state index in [2.05, 4.69) is 21.5 Å². The molecule has 0 fully saturated rings. The Hall–Kier alpha value is -2.44. The molecule has 0 saturated carbocycles. The first-order chi connectivity index (χ1) is 16.6. The predicted molar refractivity (Wildman–Crippen MR) is 142 cm³/mol. The van der Waals surface area contributed by atoms with Crippen molar-refractivity contribution in [3.05, 3.63) is 58.1 Å². The van der Waals surface area contributed by atoms with Gasteiger partial charge in [0.15, 0.2) is 5.11 Å². The number of rotatable bonds is 10. The number of anilines is 1. The molecule has 0 aliphatic heterocycles. The summed E-state index contributed by atoms with van der Waals surface area (Å²) < 4.78 is 27.1. The highest BCUT2D eigenvalue weighted by molar-refractivity contribution is 7.89. The van der Waals surface area contributed by atoms with Crippen LogP contribution in [0.4, 0.5) is 5.69 Å². The Morgan fingerprint density at radius 2 is 1.60 bits per heavy atom. The molecule has 0 atom stereocenters. The lowest BCUT2D eigenvalue weighted by Gasteiger charge is -2.21. The Morgan fingerprint density at radius 3 is 2.17 bits per heavy atom. The van der Waals surface area contributed by atoms with Crippen LogP contribution in [-0.2, 0) is 14.8 Å². The Labute approximate surface area is 220 Å². The van der Waals surface area contributed by atoms with Gasteiger partial charge in [-0.3, -0.25) is 20.4 Å². The van der Waals surface area contributed by atoms with E-state index in [1.807, 2.05) is 13.8 Å². The summed E-state index contributed by atoms with van der Waals surface area (Å²) in [6, 6.07) is 10.4. The van der Waals surface area contributed by atoms with Crippen LogP contribution in [0.15, 0.2) is 47.4 Å². The zero-order chi connectivity index (χ0) is 26.0. The standard InChI is InChI=1S/C22H27Cl2N5O4S2/c1-3-11-29(12-4-2)35(32,33)17-8-5-15(6-9-17)21(31)25-14-20(30)27-28-22(34)26-19-10-7-16(23)13-18(19)24/h5-10,13H,3-4,11-12,14H2,1-2H3,(H,25,31)(H,27,30)(H2,26,28,34). The van der Waals surface area contributed by atoms with Gasteiger partial charge in [-0.25, -0.2) is 8.42 Å². The van der Waals surface area contributed by atoms with E-state index in [4.69, 9.17) is 35.4 Å². The Balaban J connectivity index is 1.86. The number of thiocarbonyl (C=S) groups is 1. The second kappa shape index (κ2) is 13.6. The number of sulfonamides is 1. The number of carbonyl (C=O) groups is 2. The molecule has 0 aliphatic carbocycles. The molecule has 35 heavy (non-hydrogen) atoms. The lowest BCUT2D eigenvalue weighted by Crippen LogP contribution is -2.47. The Kier molecular flexibility index (Phi) is 11.2. The van der Waals surface area contributed by atoms with Gasteiger partial charge in [-0.1, -0.05) is 37.0 Å². The van der Waals surface area contributed by atoms with E-state index in [1.54, 1.807) is 12.1 Å². The fourth-order valence-corrected chi connectivity index (χ4v) is 5.20. The number of hydrogen-bond donors (Lipinski definition) is 4. The molecule has 0 bridgehead atoms. The molecular formula is C22H27Cl2N5O4S2. The van der Waals surface area contributed by atoms with Crippen LogP contribution in [0.25, 0.3) is 0 Å². The molecule has 0 aliphatic rings. The summed E-state index contributed by atoms with van der Waals surface area (Å²) in [5.41, 5.74) is 5.56. The van der Waals surface area contributed by atoms with Crippen molar-refractivity contribution in [2.75, 3.05) is 25.0 Å². The molecule has 2 rings (SSSR count). The fourth-order valence-electron chi connectivity index (χ4n) is 2.96. The normalized spacial score (nSPS) is 11.1. The number of hydrogen-bond acceptors (Lipinski definition) is 5. The number of amides is 2. The fraction of sp³-hybridized carbons (Fsp3) is 0.318. The molecule has 4 N–H and O–H groups in total. The van der Waals surface area contributed by atoms with Gasteiger partial charge in [0.05, 0.1) is 22.2 Å². The summed E-state index contributed by atoms with van der Waals surface area (Å²) >= 11 is 17.0. The third kappa shape index (κ3) is 8.62. The predicted octanol–water partition coefficient (Wildman–Crippen LogP) is 3.55. The first-order valence-electron chi connectivity index (χ1n) is 10.8. The van der Waals surface area contributed by atoms with E-state index in [9.17, 15) is 18.0 Å². The van der Waals surface area contributed by atoms with E-state index in [-0.39, 0.29) is 22.1 Å². The van der Waals surface area contributed by atoms with Gasteiger partial charge >= 0.3 is 0 Å². The number of carbonyl (C=O) groups excluding carboxylic acids is 2. The SMILES string of the molecule is CCCN(CCC)S(=O)(=O)c1ccc(C(=O)NCC(=O)NNC(=S)Nc2ccc(Cl)cc2Cl)cc1. The summed E-state index contributed by atoms with van der Waals surface area (Å²) in [5.74, 6) is -1.09. The van der Waals surface area contributed by atoms with Gasteiger partial charge < -0.3 is 10.6 Å². The van der Waals surface area contributed by atoms with Crippen molar-refractivity contribution in [2.24, 2.45) is 0 Å². The van der Waals surface area contributed by atoms with Gasteiger partial charge in [-0.2, -0.15) is 4.31 Å². The van der Waals surface area contributed by atoms with E-state index in [0.29, 0.717) is 41.7 Å². The molecule has 2 amide bonds. The average Bonchev–Trinajstić information content (AvgIpc) is 2.83. The highest BCUT2D eigenvalue weighted by atomic mass is 35.5. The second-order valence-electron chi connectivity index (χ2n) is 7.36. The Bertz CT molecular complexity index is 1150. The van der Waals surface area contributed by atoms with Crippen LogP contribution in [0.2, 0.25) is 10.0 Å². The molecule has 2 aromatic rings. The minimum absolute atomic E-state index is 0.0749. The van der Waals surface area contributed by atoms with Crippen molar-refractivity contribution in [1.82, 2.24) is 20.5 Å². The number of hydrazine groups is 1. The summed E-state index contributed by atoms with van der Waals surface area (Å²) in [4.78, 5) is 24.5. The minimum Gasteiger partial charge on any atom is -0.343 e. The number of halogens is 2. The first kappa shape index (κ1) is 28.8. The highest BCUT2D eigenvalue weighted by Crippen LogP contribution is 2.25. The molecule has 9 nitrogen and oxygen atoms in total. The van der Waals surface area contributed by atoms with Crippen LogP contribution < -0.4 is 21.5 Å². The molecule has 2 aromatic carbocycles. The van der Waals surface area contributed by atoms with Gasteiger partial charge in [0.25, 0.3) is 11.8 Å². The van der Waals surface area contributed by atoms with Gasteiger partial charge in [0, 0.05) is 23.7 Å². The van der Waals surface area contributed by atoms with Crippen molar-refractivity contribution in [2.45, 2.75) is 31.6 Å². The van der Waals surface area contributed by atoms with E-state index in [0.717, 1.165) is 0 Å². The molecule has 0 heterocycles. The summed E-state index contributed by atoms with van der Waals surface area (Å²) in [7, 11) is -3.64. The summed E-state index contributed by atoms with van der Waals surface area (Å²) in [5, 5.41) is 6.15. The molecule has 0 spiro atoms. The molecule has 0 aromatic heterocycles. The van der Waals surface area contributed by atoms with Crippen LogP contribution in [0.1, 0.15) is 37.0 Å². The summed E-state index contributed by atoms with van der Waals surface area (Å²) in [6.07, 6.45) is 1.40. The first-order valence-corrected chi connectivity index (χ1v) is 13.4. The average molecular weight is 561 g/mol. The van der Waals surface area contributed by atoms with Crippen LogP contribution in [0, 0.1) is 0 Å². The third-order valence-corrected chi connectivity index (χ3v) is 7.27. The van der Waals surface area contributed by atoms with Crippen molar-refractivity contribution >= 4 is 68.1 Å².